The second-order valence-corrected chi connectivity index (χ2v) is 7.00. The molecule has 4 rings (SSSR count). The van der Waals surface area contributed by atoms with Crippen molar-refractivity contribution in [3.8, 4) is 5.75 Å². The van der Waals surface area contributed by atoms with Crippen LogP contribution in [0.25, 0.3) is 5.57 Å². The average molecular weight is 348 g/mol. The van der Waals surface area contributed by atoms with Crippen molar-refractivity contribution >= 4 is 11.5 Å². The summed E-state index contributed by atoms with van der Waals surface area (Å²) >= 11 is 0. The van der Waals surface area contributed by atoms with Gasteiger partial charge in [-0.2, -0.15) is 0 Å². The van der Waals surface area contributed by atoms with Crippen LogP contribution in [0.2, 0.25) is 0 Å². The Morgan fingerprint density at radius 3 is 3.00 bits per heavy atom. The summed E-state index contributed by atoms with van der Waals surface area (Å²) in [6.07, 6.45) is 11.1. The normalized spacial score (nSPS) is 16.9. The number of benzene rings is 1. The molecule has 1 aromatic heterocycles. The monoisotopic (exact) mass is 348 g/mol. The van der Waals surface area contributed by atoms with E-state index in [1.807, 2.05) is 17.0 Å². The second-order valence-electron chi connectivity index (χ2n) is 7.00. The number of amides is 1. The predicted molar refractivity (Wildman–Crippen MR) is 102 cm³/mol. The van der Waals surface area contributed by atoms with Gasteiger partial charge in [-0.3, -0.25) is 9.78 Å². The van der Waals surface area contributed by atoms with E-state index in [-0.39, 0.29) is 5.91 Å². The van der Waals surface area contributed by atoms with Crippen LogP contribution in [0.1, 0.15) is 42.4 Å². The van der Waals surface area contributed by atoms with Gasteiger partial charge in [0.15, 0.2) is 0 Å². The number of pyridine rings is 1. The molecule has 0 spiro atoms. The van der Waals surface area contributed by atoms with Crippen molar-refractivity contribution in [3.05, 3.63) is 65.5 Å². The fourth-order valence-corrected chi connectivity index (χ4v) is 3.70. The van der Waals surface area contributed by atoms with Gasteiger partial charge in [-0.25, -0.2) is 0 Å². The summed E-state index contributed by atoms with van der Waals surface area (Å²) in [5, 5.41) is 0. The number of hydrogen-bond donors (Lipinski definition) is 0. The third kappa shape index (κ3) is 3.79. The van der Waals surface area contributed by atoms with E-state index in [9.17, 15) is 4.79 Å². The highest BCUT2D eigenvalue weighted by Crippen LogP contribution is 2.31. The summed E-state index contributed by atoms with van der Waals surface area (Å²) in [5.74, 6) is 1.03. The van der Waals surface area contributed by atoms with E-state index in [1.165, 1.54) is 30.4 Å². The Hall–Kier alpha value is -2.62. The van der Waals surface area contributed by atoms with Crippen molar-refractivity contribution in [2.24, 2.45) is 0 Å². The first-order valence-corrected chi connectivity index (χ1v) is 9.41. The van der Waals surface area contributed by atoms with Crippen LogP contribution in [0.15, 0.2) is 48.8 Å². The third-order valence-electron chi connectivity index (χ3n) is 5.13. The topological polar surface area (TPSA) is 42.4 Å². The SMILES string of the molecule is O=C(Cc1cccnc1)N1CCOc2ccc(C3=CCCCC3)cc2C1. The number of ether oxygens (including phenoxy) is 1. The Morgan fingerprint density at radius 2 is 2.19 bits per heavy atom. The van der Waals surface area contributed by atoms with Crippen molar-refractivity contribution < 1.29 is 9.53 Å². The highest BCUT2D eigenvalue weighted by molar-refractivity contribution is 5.79. The largest absolute Gasteiger partial charge is 0.491 e. The van der Waals surface area contributed by atoms with E-state index < -0.39 is 0 Å². The summed E-state index contributed by atoms with van der Waals surface area (Å²) in [6, 6.07) is 10.2. The van der Waals surface area contributed by atoms with Crippen molar-refractivity contribution in [2.45, 2.75) is 38.6 Å². The zero-order chi connectivity index (χ0) is 17.8. The van der Waals surface area contributed by atoms with Crippen LogP contribution >= 0.6 is 0 Å². The van der Waals surface area contributed by atoms with Crippen molar-refractivity contribution in [1.29, 1.82) is 0 Å². The fraction of sp³-hybridized carbons (Fsp3) is 0.364. The van der Waals surface area contributed by atoms with Gasteiger partial charge in [-0.15, -0.1) is 0 Å². The van der Waals surface area contributed by atoms with Crippen LogP contribution < -0.4 is 4.74 Å². The highest BCUT2D eigenvalue weighted by Gasteiger charge is 2.21. The Balaban J connectivity index is 1.53. The van der Waals surface area contributed by atoms with Gasteiger partial charge in [0.05, 0.1) is 13.0 Å². The van der Waals surface area contributed by atoms with Crippen molar-refractivity contribution in [3.63, 3.8) is 0 Å². The van der Waals surface area contributed by atoms with Gasteiger partial charge in [0, 0.05) is 24.5 Å². The van der Waals surface area contributed by atoms with Gasteiger partial charge in [-0.1, -0.05) is 18.2 Å². The van der Waals surface area contributed by atoms with Crippen molar-refractivity contribution in [1.82, 2.24) is 9.88 Å². The minimum Gasteiger partial charge on any atom is -0.491 e. The Morgan fingerprint density at radius 1 is 1.23 bits per heavy atom. The molecule has 26 heavy (non-hydrogen) atoms. The molecule has 1 aliphatic heterocycles. The maximum Gasteiger partial charge on any atom is 0.227 e. The van der Waals surface area contributed by atoms with E-state index >= 15 is 0 Å². The first kappa shape index (κ1) is 16.8. The molecule has 1 aromatic carbocycles. The van der Waals surface area contributed by atoms with E-state index in [2.05, 4.69) is 29.3 Å². The summed E-state index contributed by atoms with van der Waals surface area (Å²) in [5.41, 5.74) is 4.75. The first-order chi connectivity index (χ1) is 12.8. The molecule has 0 atom stereocenters. The predicted octanol–water partition coefficient (Wildman–Crippen LogP) is 4.00. The number of fused-ring (bicyclic) bond motifs is 1. The first-order valence-electron chi connectivity index (χ1n) is 9.41. The number of carbonyl (C=O) groups is 1. The Bertz CT molecular complexity index is 814. The number of aromatic nitrogens is 1. The molecule has 1 aliphatic carbocycles. The van der Waals surface area contributed by atoms with Crippen molar-refractivity contribution in [2.75, 3.05) is 13.2 Å². The molecule has 0 N–H and O–H groups in total. The molecule has 2 aromatic rings. The summed E-state index contributed by atoms with van der Waals surface area (Å²) in [7, 11) is 0. The van der Waals surface area contributed by atoms with E-state index in [0.717, 1.165) is 23.3 Å². The number of carbonyl (C=O) groups excluding carboxylic acids is 1. The molecule has 134 valence electrons. The van der Waals surface area contributed by atoms with Gasteiger partial charge in [0.2, 0.25) is 5.91 Å². The van der Waals surface area contributed by atoms with Gasteiger partial charge in [-0.05, 0) is 60.6 Å². The lowest BCUT2D eigenvalue weighted by Gasteiger charge is -2.20. The quantitative estimate of drug-likeness (QED) is 0.842. The fourth-order valence-electron chi connectivity index (χ4n) is 3.70. The van der Waals surface area contributed by atoms with Crippen LogP contribution in [0.4, 0.5) is 0 Å². The molecule has 0 unspecified atom stereocenters. The summed E-state index contributed by atoms with van der Waals surface area (Å²) in [4.78, 5) is 18.7. The van der Waals surface area contributed by atoms with Crippen LogP contribution in [-0.4, -0.2) is 28.9 Å². The van der Waals surface area contributed by atoms with Gasteiger partial charge >= 0.3 is 0 Å². The second kappa shape index (κ2) is 7.73. The third-order valence-corrected chi connectivity index (χ3v) is 5.13. The minimum absolute atomic E-state index is 0.122. The lowest BCUT2D eigenvalue weighted by Crippen LogP contribution is -2.33. The van der Waals surface area contributed by atoms with E-state index in [4.69, 9.17) is 4.74 Å². The van der Waals surface area contributed by atoms with E-state index in [1.54, 1.807) is 12.4 Å². The lowest BCUT2D eigenvalue weighted by atomic mass is 9.92. The maximum absolute atomic E-state index is 12.7. The highest BCUT2D eigenvalue weighted by atomic mass is 16.5. The smallest absolute Gasteiger partial charge is 0.227 e. The molecule has 1 amide bonds. The number of nitrogens with zero attached hydrogens (tertiary/aromatic N) is 2. The summed E-state index contributed by atoms with van der Waals surface area (Å²) in [6.45, 7) is 1.76. The Labute approximate surface area is 154 Å². The molecule has 2 heterocycles. The van der Waals surface area contributed by atoms with Crippen LogP contribution in [0.3, 0.4) is 0 Å². The lowest BCUT2D eigenvalue weighted by molar-refractivity contribution is -0.131. The molecule has 4 nitrogen and oxygen atoms in total. The summed E-state index contributed by atoms with van der Waals surface area (Å²) < 4.78 is 5.90. The molecular weight excluding hydrogens is 324 g/mol. The Kier molecular flexibility index (Phi) is 5.00. The van der Waals surface area contributed by atoms with Crippen LogP contribution in [0, 0.1) is 0 Å². The van der Waals surface area contributed by atoms with Crippen LogP contribution in [-0.2, 0) is 17.8 Å². The molecule has 0 radical (unpaired) electrons. The zero-order valence-electron chi connectivity index (χ0n) is 15.0. The molecule has 4 heteroatoms. The molecule has 0 saturated carbocycles. The molecule has 0 fully saturated rings. The average Bonchev–Trinajstić information content (AvgIpc) is 2.91. The zero-order valence-corrected chi connectivity index (χ0v) is 15.0. The van der Waals surface area contributed by atoms with Gasteiger partial charge < -0.3 is 9.64 Å². The number of hydrogen-bond acceptors (Lipinski definition) is 3. The molecular formula is C22H24N2O2. The minimum atomic E-state index is 0.122. The van der Waals surface area contributed by atoms with Gasteiger partial charge in [0.25, 0.3) is 0 Å². The number of rotatable bonds is 3. The maximum atomic E-state index is 12.7. The molecule has 2 aliphatic rings. The molecule has 0 saturated heterocycles. The number of allylic oxidation sites excluding steroid dienone is 2. The van der Waals surface area contributed by atoms with Crippen LogP contribution in [0.5, 0.6) is 5.75 Å². The molecule has 0 bridgehead atoms. The van der Waals surface area contributed by atoms with Gasteiger partial charge in [0.1, 0.15) is 12.4 Å². The van der Waals surface area contributed by atoms with E-state index in [0.29, 0.717) is 26.1 Å². The standard InChI is InChI=1S/C22H24N2O2/c25-22(13-17-5-4-10-23-15-17)24-11-12-26-21-9-8-19(14-20(21)16-24)18-6-2-1-3-7-18/h4-6,8-10,14-15H,1-3,7,11-13,16H2.